The Kier molecular flexibility index (Phi) is 3.63. The van der Waals surface area contributed by atoms with Crippen LogP contribution >= 0.6 is 11.3 Å². The summed E-state index contributed by atoms with van der Waals surface area (Å²) in [4.78, 5) is 8.70. The Bertz CT molecular complexity index is 508. The molecule has 0 amide bonds. The van der Waals surface area contributed by atoms with Gasteiger partial charge in [-0.3, -0.25) is 0 Å². The zero-order chi connectivity index (χ0) is 12.3. The maximum atomic E-state index is 4.40. The molecule has 0 saturated carbocycles. The van der Waals surface area contributed by atoms with Crippen molar-refractivity contribution >= 4 is 17.3 Å². The van der Waals surface area contributed by atoms with Gasteiger partial charge in [0.15, 0.2) is 0 Å². The zero-order valence-electron chi connectivity index (χ0n) is 10.2. The molecule has 2 heterocycles. The van der Waals surface area contributed by atoms with Gasteiger partial charge in [0.05, 0.1) is 16.4 Å². The van der Waals surface area contributed by atoms with Crippen molar-refractivity contribution in [2.45, 2.75) is 27.2 Å². The Morgan fingerprint density at radius 2 is 1.94 bits per heavy atom. The van der Waals surface area contributed by atoms with Gasteiger partial charge >= 0.3 is 0 Å². The molecule has 6 heteroatoms. The highest BCUT2D eigenvalue weighted by Gasteiger charge is 2.02. The van der Waals surface area contributed by atoms with E-state index in [1.807, 2.05) is 20.8 Å². The number of nitrogens with one attached hydrogen (secondary N) is 1. The Morgan fingerprint density at radius 3 is 2.59 bits per heavy atom. The molecule has 90 valence electrons. The van der Waals surface area contributed by atoms with Crippen molar-refractivity contribution in [3.05, 3.63) is 27.5 Å². The second kappa shape index (κ2) is 5.18. The third-order valence-corrected chi connectivity index (χ3v) is 3.41. The quantitative estimate of drug-likeness (QED) is 0.896. The van der Waals surface area contributed by atoms with Gasteiger partial charge in [0, 0.05) is 24.0 Å². The van der Waals surface area contributed by atoms with Gasteiger partial charge in [-0.05, 0) is 20.8 Å². The standard InChI is InChI=1S/C11H15N5S/c1-7-6-17-10(13-7)4-5-12-11-14-8(2)9(3)15-16-11/h6H,4-5H2,1-3H3,(H,12,14,16). The molecule has 1 N–H and O–H groups in total. The van der Waals surface area contributed by atoms with Gasteiger partial charge in [0.2, 0.25) is 5.95 Å². The van der Waals surface area contributed by atoms with E-state index in [9.17, 15) is 0 Å². The molecule has 0 bridgehead atoms. The number of hydrogen-bond donors (Lipinski definition) is 1. The van der Waals surface area contributed by atoms with Crippen molar-refractivity contribution < 1.29 is 0 Å². The van der Waals surface area contributed by atoms with Gasteiger partial charge in [-0.1, -0.05) is 0 Å². The molecule has 0 radical (unpaired) electrons. The smallest absolute Gasteiger partial charge is 0.242 e. The molecule has 0 fully saturated rings. The summed E-state index contributed by atoms with van der Waals surface area (Å²) in [6.07, 6.45) is 0.884. The van der Waals surface area contributed by atoms with E-state index in [4.69, 9.17) is 0 Å². The first kappa shape index (κ1) is 11.9. The number of rotatable bonds is 4. The molecule has 0 spiro atoms. The number of aryl methyl sites for hydroxylation is 3. The average Bonchev–Trinajstić information content (AvgIpc) is 2.70. The molecule has 5 nitrogen and oxygen atoms in total. The summed E-state index contributed by atoms with van der Waals surface area (Å²) in [5.74, 6) is 0.585. The summed E-state index contributed by atoms with van der Waals surface area (Å²) in [5, 5.41) is 14.3. The summed E-state index contributed by atoms with van der Waals surface area (Å²) in [5.41, 5.74) is 2.85. The molecular formula is C11H15N5S. The first-order valence-corrected chi connectivity index (χ1v) is 6.36. The predicted octanol–water partition coefficient (Wildman–Crippen LogP) is 1.91. The maximum absolute atomic E-state index is 4.40. The van der Waals surface area contributed by atoms with Gasteiger partial charge in [-0.2, -0.15) is 5.10 Å². The number of thiazole rings is 1. The van der Waals surface area contributed by atoms with Crippen LogP contribution in [0.1, 0.15) is 22.1 Å². The van der Waals surface area contributed by atoms with Crippen molar-refractivity contribution in [2.24, 2.45) is 0 Å². The fraction of sp³-hybridized carbons (Fsp3) is 0.455. The van der Waals surface area contributed by atoms with Gasteiger partial charge in [-0.15, -0.1) is 16.4 Å². The summed E-state index contributed by atoms with van der Waals surface area (Å²) < 4.78 is 0. The third-order valence-electron chi connectivity index (χ3n) is 2.38. The average molecular weight is 249 g/mol. The number of anilines is 1. The van der Waals surface area contributed by atoms with E-state index in [1.54, 1.807) is 11.3 Å². The van der Waals surface area contributed by atoms with Gasteiger partial charge in [-0.25, -0.2) is 9.97 Å². The molecule has 0 saturated heterocycles. The van der Waals surface area contributed by atoms with Crippen molar-refractivity contribution in [2.75, 3.05) is 11.9 Å². The summed E-state index contributed by atoms with van der Waals surface area (Å²) in [6.45, 7) is 6.61. The molecule has 2 rings (SSSR count). The lowest BCUT2D eigenvalue weighted by Crippen LogP contribution is -2.10. The van der Waals surface area contributed by atoms with E-state index in [0.717, 1.165) is 35.1 Å². The van der Waals surface area contributed by atoms with Crippen LogP contribution in [0.4, 0.5) is 5.95 Å². The topological polar surface area (TPSA) is 63.6 Å². The second-order valence-electron chi connectivity index (χ2n) is 3.87. The third kappa shape index (κ3) is 3.20. The van der Waals surface area contributed by atoms with Crippen LogP contribution in [0, 0.1) is 20.8 Å². The number of nitrogens with zero attached hydrogens (tertiary/aromatic N) is 4. The van der Waals surface area contributed by atoms with Crippen molar-refractivity contribution in [3.8, 4) is 0 Å². The minimum Gasteiger partial charge on any atom is -0.352 e. The molecule has 0 atom stereocenters. The first-order valence-electron chi connectivity index (χ1n) is 5.48. The molecule has 0 unspecified atom stereocenters. The van der Waals surface area contributed by atoms with E-state index in [-0.39, 0.29) is 0 Å². The van der Waals surface area contributed by atoms with Crippen LogP contribution in [0.5, 0.6) is 0 Å². The van der Waals surface area contributed by atoms with Crippen LogP contribution in [0.15, 0.2) is 5.38 Å². The maximum Gasteiger partial charge on any atom is 0.242 e. The molecule has 2 aromatic heterocycles. The van der Waals surface area contributed by atoms with Crippen molar-refractivity contribution in [3.63, 3.8) is 0 Å². The van der Waals surface area contributed by atoms with Crippen LogP contribution in [0.2, 0.25) is 0 Å². The second-order valence-corrected chi connectivity index (χ2v) is 4.81. The SMILES string of the molecule is Cc1csc(CCNc2nnc(C)c(C)n2)n1. The highest BCUT2D eigenvalue weighted by atomic mass is 32.1. The van der Waals surface area contributed by atoms with E-state index >= 15 is 0 Å². The highest BCUT2D eigenvalue weighted by molar-refractivity contribution is 7.09. The minimum atomic E-state index is 0.585. The molecule has 2 aromatic rings. The highest BCUT2D eigenvalue weighted by Crippen LogP contribution is 2.09. The summed E-state index contributed by atoms with van der Waals surface area (Å²) in [6, 6.07) is 0. The number of hydrogen-bond acceptors (Lipinski definition) is 6. The first-order chi connectivity index (χ1) is 8.15. The fourth-order valence-corrected chi connectivity index (χ4v) is 2.11. The largest absolute Gasteiger partial charge is 0.352 e. The van der Waals surface area contributed by atoms with Crippen molar-refractivity contribution in [1.82, 2.24) is 20.2 Å². The Morgan fingerprint density at radius 1 is 1.12 bits per heavy atom. The van der Waals surface area contributed by atoms with E-state index < -0.39 is 0 Å². The molecule has 17 heavy (non-hydrogen) atoms. The molecule has 0 aliphatic heterocycles. The number of aromatic nitrogens is 4. The fourth-order valence-electron chi connectivity index (χ4n) is 1.33. The normalized spacial score (nSPS) is 10.5. The lowest BCUT2D eigenvalue weighted by molar-refractivity contribution is 0.875. The minimum absolute atomic E-state index is 0.585. The van der Waals surface area contributed by atoms with Crippen LogP contribution in [0.3, 0.4) is 0 Å². The Balaban J connectivity index is 1.87. The van der Waals surface area contributed by atoms with Crippen LogP contribution in [0.25, 0.3) is 0 Å². The molecule has 0 aliphatic carbocycles. The Labute approximate surface area is 104 Å². The summed E-state index contributed by atoms with van der Waals surface area (Å²) in [7, 11) is 0. The lowest BCUT2D eigenvalue weighted by Gasteiger charge is -2.04. The Hall–Kier alpha value is -1.56. The van der Waals surface area contributed by atoms with Crippen LogP contribution < -0.4 is 5.32 Å². The van der Waals surface area contributed by atoms with E-state index in [1.165, 1.54) is 0 Å². The van der Waals surface area contributed by atoms with Gasteiger partial charge in [0.1, 0.15) is 0 Å². The monoisotopic (exact) mass is 249 g/mol. The molecule has 0 aromatic carbocycles. The molecular weight excluding hydrogens is 234 g/mol. The van der Waals surface area contributed by atoms with Crippen LogP contribution in [-0.2, 0) is 6.42 Å². The van der Waals surface area contributed by atoms with Crippen molar-refractivity contribution in [1.29, 1.82) is 0 Å². The zero-order valence-corrected chi connectivity index (χ0v) is 11.0. The van der Waals surface area contributed by atoms with Gasteiger partial charge in [0.25, 0.3) is 0 Å². The van der Waals surface area contributed by atoms with Gasteiger partial charge < -0.3 is 5.32 Å². The van der Waals surface area contributed by atoms with E-state index in [2.05, 4.69) is 30.9 Å². The summed E-state index contributed by atoms with van der Waals surface area (Å²) >= 11 is 1.68. The van der Waals surface area contributed by atoms with E-state index in [0.29, 0.717) is 5.95 Å². The molecule has 0 aliphatic rings. The predicted molar refractivity (Wildman–Crippen MR) is 68.3 cm³/mol. The lowest BCUT2D eigenvalue weighted by atomic mass is 10.4. The van der Waals surface area contributed by atoms with Crippen LogP contribution in [-0.4, -0.2) is 26.7 Å².